The van der Waals surface area contributed by atoms with Gasteiger partial charge < -0.3 is 9.47 Å². The molecule has 0 bridgehead atoms. The summed E-state index contributed by atoms with van der Waals surface area (Å²) in [5, 5.41) is 0. The number of methoxy groups -OCH3 is 1. The molecule has 0 N–H and O–H groups in total. The van der Waals surface area contributed by atoms with Crippen LogP contribution in [-0.2, 0) is 9.53 Å². The Balaban J connectivity index is 3.02. The maximum Gasteiger partial charge on any atom is 0.379 e. The van der Waals surface area contributed by atoms with E-state index >= 15 is 0 Å². The second-order valence-electron chi connectivity index (χ2n) is 2.90. The molecule has 0 aromatic heterocycles. The highest BCUT2D eigenvalue weighted by Crippen LogP contribution is 2.17. The number of carbonyl (C=O) groups is 2. The molecule has 0 amide bonds. The Morgan fingerprint density at radius 2 is 2.06 bits per heavy atom. The maximum absolute atomic E-state index is 13.3. The van der Waals surface area contributed by atoms with Crippen molar-refractivity contribution in [3.63, 3.8) is 0 Å². The van der Waals surface area contributed by atoms with E-state index in [-0.39, 0.29) is 12.2 Å². The largest absolute Gasteiger partial charge is 0.497 e. The van der Waals surface area contributed by atoms with Crippen molar-refractivity contribution in [3.8, 4) is 5.75 Å². The molecule has 4 nitrogen and oxygen atoms in total. The van der Waals surface area contributed by atoms with Crippen LogP contribution in [0.15, 0.2) is 18.2 Å². The minimum Gasteiger partial charge on any atom is -0.497 e. The van der Waals surface area contributed by atoms with Crippen molar-refractivity contribution in [1.82, 2.24) is 0 Å². The highest BCUT2D eigenvalue weighted by molar-refractivity contribution is 6.40. The third-order valence-electron chi connectivity index (χ3n) is 1.88. The highest BCUT2D eigenvalue weighted by Gasteiger charge is 2.21. The molecule has 0 radical (unpaired) electrons. The molecule has 0 spiro atoms. The van der Waals surface area contributed by atoms with Crippen molar-refractivity contribution in [2.45, 2.75) is 6.92 Å². The number of ether oxygens (including phenoxy) is 2. The van der Waals surface area contributed by atoms with E-state index in [1.165, 1.54) is 13.2 Å². The first-order valence-corrected chi connectivity index (χ1v) is 4.65. The summed E-state index contributed by atoms with van der Waals surface area (Å²) < 4.78 is 22.6. The number of rotatable bonds is 4. The molecule has 0 fully saturated rings. The minimum absolute atomic E-state index is 0.0656. The second-order valence-corrected chi connectivity index (χ2v) is 2.90. The zero-order chi connectivity index (χ0) is 12.1. The topological polar surface area (TPSA) is 52.6 Å². The molecule has 0 aliphatic heterocycles. The van der Waals surface area contributed by atoms with E-state index in [0.717, 1.165) is 12.1 Å². The lowest BCUT2D eigenvalue weighted by atomic mass is 10.1. The summed E-state index contributed by atoms with van der Waals surface area (Å²) >= 11 is 0. The van der Waals surface area contributed by atoms with Crippen molar-refractivity contribution in [2.24, 2.45) is 0 Å². The standard InChI is InChI=1S/C11H11FO4/c1-3-16-11(14)10(13)8-6-7(15-2)4-5-9(8)12/h4-6H,3H2,1-2H3. The zero-order valence-electron chi connectivity index (χ0n) is 8.95. The van der Waals surface area contributed by atoms with Crippen molar-refractivity contribution >= 4 is 11.8 Å². The van der Waals surface area contributed by atoms with Gasteiger partial charge in [0.2, 0.25) is 0 Å². The van der Waals surface area contributed by atoms with Gasteiger partial charge >= 0.3 is 5.97 Å². The predicted octanol–water partition coefficient (Wildman–Crippen LogP) is 1.58. The Hall–Kier alpha value is -1.91. The fourth-order valence-corrected chi connectivity index (χ4v) is 1.11. The van der Waals surface area contributed by atoms with Crippen LogP contribution >= 0.6 is 0 Å². The molecular formula is C11H11FO4. The first kappa shape index (κ1) is 12.2. The normalized spacial score (nSPS) is 9.69. The van der Waals surface area contributed by atoms with Crippen LogP contribution in [0.4, 0.5) is 4.39 Å². The van der Waals surface area contributed by atoms with E-state index in [9.17, 15) is 14.0 Å². The second kappa shape index (κ2) is 5.25. The molecular weight excluding hydrogens is 215 g/mol. The van der Waals surface area contributed by atoms with Crippen LogP contribution in [0, 0.1) is 5.82 Å². The average molecular weight is 226 g/mol. The van der Waals surface area contributed by atoms with Gasteiger partial charge in [0.05, 0.1) is 19.3 Å². The van der Waals surface area contributed by atoms with E-state index in [2.05, 4.69) is 4.74 Å². The van der Waals surface area contributed by atoms with Gasteiger partial charge in [0.15, 0.2) is 0 Å². The Morgan fingerprint density at radius 1 is 1.38 bits per heavy atom. The summed E-state index contributed by atoms with van der Waals surface area (Å²) in [5.41, 5.74) is -0.349. The lowest BCUT2D eigenvalue weighted by molar-refractivity contribution is -0.137. The molecule has 1 rings (SSSR count). The molecule has 86 valence electrons. The smallest absolute Gasteiger partial charge is 0.379 e. The summed E-state index contributed by atoms with van der Waals surface area (Å²) in [4.78, 5) is 22.6. The van der Waals surface area contributed by atoms with Crippen LogP contribution in [0.3, 0.4) is 0 Å². The molecule has 0 saturated heterocycles. The van der Waals surface area contributed by atoms with Crippen molar-refractivity contribution < 1.29 is 23.5 Å². The number of carbonyl (C=O) groups excluding carboxylic acids is 2. The van der Waals surface area contributed by atoms with Crippen LogP contribution in [0.1, 0.15) is 17.3 Å². The SMILES string of the molecule is CCOC(=O)C(=O)c1cc(OC)ccc1F. The summed E-state index contributed by atoms with van der Waals surface area (Å²) in [6, 6.07) is 3.58. The fraction of sp³-hybridized carbons (Fsp3) is 0.273. The summed E-state index contributed by atoms with van der Waals surface area (Å²) in [7, 11) is 1.38. The molecule has 16 heavy (non-hydrogen) atoms. The third kappa shape index (κ3) is 2.56. The van der Waals surface area contributed by atoms with Gasteiger partial charge in [-0.25, -0.2) is 9.18 Å². The summed E-state index contributed by atoms with van der Waals surface area (Å²) in [5.74, 6) is -2.57. The molecule has 0 atom stereocenters. The minimum atomic E-state index is -1.07. The summed E-state index contributed by atoms with van der Waals surface area (Å²) in [6.45, 7) is 1.63. The number of benzene rings is 1. The molecule has 1 aromatic carbocycles. The first-order chi connectivity index (χ1) is 7.60. The fourth-order valence-electron chi connectivity index (χ4n) is 1.11. The average Bonchev–Trinajstić information content (AvgIpc) is 2.29. The van der Waals surface area contributed by atoms with Crippen LogP contribution in [0.5, 0.6) is 5.75 Å². The number of hydrogen-bond acceptors (Lipinski definition) is 4. The number of Topliss-reactive ketones (excluding diaryl/α,β-unsaturated/α-hetero) is 1. The van der Waals surface area contributed by atoms with Crippen molar-refractivity contribution in [1.29, 1.82) is 0 Å². The highest BCUT2D eigenvalue weighted by atomic mass is 19.1. The number of hydrogen-bond donors (Lipinski definition) is 0. The van der Waals surface area contributed by atoms with Crippen molar-refractivity contribution in [3.05, 3.63) is 29.6 Å². The number of halogens is 1. The molecule has 5 heteroatoms. The lowest BCUT2D eigenvalue weighted by Gasteiger charge is -2.04. The molecule has 0 heterocycles. The third-order valence-corrected chi connectivity index (χ3v) is 1.88. The predicted molar refractivity (Wildman–Crippen MR) is 53.9 cm³/mol. The molecule has 0 unspecified atom stereocenters. The van der Waals surface area contributed by atoms with Crippen LogP contribution in [0.25, 0.3) is 0 Å². The van der Waals surface area contributed by atoms with Gasteiger partial charge in [0.25, 0.3) is 5.78 Å². The molecule has 1 aromatic rings. The molecule has 0 aliphatic rings. The van der Waals surface area contributed by atoms with Crippen LogP contribution < -0.4 is 4.74 Å². The van der Waals surface area contributed by atoms with E-state index in [4.69, 9.17) is 4.74 Å². The van der Waals surface area contributed by atoms with Gasteiger partial charge in [-0.15, -0.1) is 0 Å². The number of ketones is 1. The molecule has 0 saturated carbocycles. The lowest BCUT2D eigenvalue weighted by Crippen LogP contribution is -2.18. The van der Waals surface area contributed by atoms with Crippen molar-refractivity contribution in [2.75, 3.05) is 13.7 Å². The van der Waals surface area contributed by atoms with Gasteiger partial charge in [0, 0.05) is 0 Å². The van der Waals surface area contributed by atoms with Crippen LogP contribution in [-0.4, -0.2) is 25.5 Å². The van der Waals surface area contributed by atoms with Gasteiger partial charge in [-0.05, 0) is 25.1 Å². The van der Waals surface area contributed by atoms with E-state index in [1.807, 2.05) is 0 Å². The quantitative estimate of drug-likeness (QED) is 0.444. The first-order valence-electron chi connectivity index (χ1n) is 4.65. The monoisotopic (exact) mass is 226 g/mol. The maximum atomic E-state index is 13.3. The van der Waals surface area contributed by atoms with Crippen LogP contribution in [0.2, 0.25) is 0 Å². The Kier molecular flexibility index (Phi) is 3.99. The van der Waals surface area contributed by atoms with E-state index < -0.39 is 17.6 Å². The van der Waals surface area contributed by atoms with E-state index in [0.29, 0.717) is 5.75 Å². The number of esters is 1. The Morgan fingerprint density at radius 3 is 2.62 bits per heavy atom. The van der Waals surface area contributed by atoms with Gasteiger partial charge in [0.1, 0.15) is 11.6 Å². The Bertz CT molecular complexity index is 414. The summed E-state index contributed by atoms with van der Waals surface area (Å²) in [6.07, 6.45) is 0. The zero-order valence-corrected chi connectivity index (χ0v) is 8.95. The van der Waals surface area contributed by atoms with E-state index in [1.54, 1.807) is 6.92 Å². The van der Waals surface area contributed by atoms with Gasteiger partial charge in [-0.3, -0.25) is 4.79 Å². The molecule has 0 aliphatic carbocycles. The van der Waals surface area contributed by atoms with Gasteiger partial charge in [-0.2, -0.15) is 0 Å². The Labute approximate surface area is 92.0 Å². The van der Waals surface area contributed by atoms with Gasteiger partial charge in [-0.1, -0.05) is 0 Å².